The molecule has 0 N–H and O–H groups in total. The Hall–Kier alpha value is -0.600. The van der Waals surface area contributed by atoms with Crippen LogP contribution in [0.3, 0.4) is 0 Å². The fourth-order valence-electron chi connectivity index (χ4n) is 1.64. The number of rotatable bonds is 2. The third-order valence-corrected chi connectivity index (χ3v) is 3.93. The molecule has 2 aromatic heterocycles. The lowest BCUT2D eigenvalue weighted by Crippen LogP contribution is -1.80. The van der Waals surface area contributed by atoms with Gasteiger partial charge in [0.1, 0.15) is 4.83 Å². The Morgan fingerprint density at radius 2 is 2.29 bits per heavy atom. The van der Waals surface area contributed by atoms with Crippen LogP contribution in [-0.4, -0.2) is 4.98 Å². The van der Waals surface area contributed by atoms with Crippen LogP contribution >= 0.6 is 22.9 Å². The van der Waals surface area contributed by atoms with Crippen molar-refractivity contribution in [3.63, 3.8) is 0 Å². The Kier molecular flexibility index (Phi) is 2.75. The van der Waals surface area contributed by atoms with Gasteiger partial charge >= 0.3 is 0 Å². The molecule has 0 amide bonds. The van der Waals surface area contributed by atoms with Crippen LogP contribution in [0.5, 0.6) is 0 Å². The van der Waals surface area contributed by atoms with Crippen molar-refractivity contribution in [2.75, 3.05) is 0 Å². The molecule has 2 rings (SSSR count). The van der Waals surface area contributed by atoms with Gasteiger partial charge in [-0.3, -0.25) is 0 Å². The topological polar surface area (TPSA) is 12.9 Å². The molecule has 0 aliphatic heterocycles. The summed E-state index contributed by atoms with van der Waals surface area (Å²) in [7, 11) is 0. The summed E-state index contributed by atoms with van der Waals surface area (Å²) in [5, 5.41) is 1.97. The van der Waals surface area contributed by atoms with E-state index < -0.39 is 0 Å². The average Bonchev–Trinajstić information content (AvgIpc) is 2.46. The Labute approximate surface area is 92.7 Å². The van der Waals surface area contributed by atoms with E-state index in [-0.39, 0.29) is 0 Å². The number of thiophene rings is 1. The van der Waals surface area contributed by atoms with E-state index in [9.17, 15) is 0 Å². The molecule has 0 saturated heterocycles. The smallest absolute Gasteiger partial charge is 0.125 e. The molecule has 0 fully saturated rings. The van der Waals surface area contributed by atoms with E-state index >= 15 is 0 Å². The van der Waals surface area contributed by atoms with Crippen molar-refractivity contribution >= 4 is 33.2 Å². The highest BCUT2D eigenvalue weighted by atomic mass is 35.5. The van der Waals surface area contributed by atoms with Crippen LogP contribution in [-0.2, 0) is 6.42 Å². The Balaban J connectivity index is 2.68. The second-order valence-electron chi connectivity index (χ2n) is 3.37. The summed E-state index contributed by atoms with van der Waals surface area (Å²) in [5.41, 5.74) is 1.31. The first-order valence-corrected chi connectivity index (χ1v) is 5.96. The van der Waals surface area contributed by atoms with E-state index in [1.807, 2.05) is 6.07 Å². The summed E-state index contributed by atoms with van der Waals surface area (Å²) >= 11 is 7.91. The van der Waals surface area contributed by atoms with Crippen LogP contribution in [0.15, 0.2) is 12.3 Å². The van der Waals surface area contributed by atoms with Crippen molar-refractivity contribution in [2.24, 2.45) is 0 Å². The first-order chi connectivity index (χ1) is 6.74. The van der Waals surface area contributed by atoms with Crippen LogP contribution in [0.2, 0.25) is 5.02 Å². The van der Waals surface area contributed by atoms with Crippen molar-refractivity contribution in [2.45, 2.75) is 26.7 Å². The Bertz CT molecular complexity index is 462. The molecule has 0 unspecified atom stereocenters. The summed E-state index contributed by atoms with van der Waals surface area (Å²) in [6.07, 6.45) is 4.07. The molecule has 0 bridgehead atoms. The highest BCUT2D eigenvalue weighted by Gasteiger charge is 2.10. The van der Waals surface area contributed by atoms with E-state index in [0.29, 0.717) is 0 Å². The van der Waals surface area contributed by atoms with Gasteiger partial charge < -0.3 is 0 Å². The Morgan fingerprint density at radius 1 is 1.50 bits per heavy atom. The molecular formula is C11H12ClNS. The molecule has 0 saturated carbocycles. The molecule has 0 spiro atoms. The highest BCUT2D eigenvalue weighted by Crippen LogP contribution is 2.34. The minimum Gasteiger partial charge on any atom is -0.245 e. The molecule has 0 aliphatic carbocycles. The van der Waals surface area contributed by atoms with Crippen LogP contribution in [0.1, 0.15) is 23.8 Å². The monoisotopic (exact) mass is 225 g/mol. The molecule has 0 aliphatic rings. The van der Waals surface area contributed by atoms with Crippen molar-refractivity contribution < 1.29 is 0 Å². The molecular weight excluding hydrogens is 214 g/mol. The SMILES string of the molecule is CCCc1sc2nccc(Cl)c2c1C. The lowest BCUT2D eigenvalue weighted by atomic mass is 10.1. The number of aryl methyl sites for hydroxylation is 2. The zero-order valence-corrected chi connectivity index (χ0v) is 9.87. The molecule has 3 heteroatoms. The van der Waals surface area contributed by atoms with E-state index in [1.165, 1.54) is 16.9 Å². The van der Waals surface area contributed by atoms with Crippen LogP contribution in [0.4, 0.5) is 0 Å². The van der Waals surface area contributed by atoms with Crippen molar-refractivity contribution in [3.8, 4) is 0 Å². The third kappa shape index (κ3) is 1.53. The lowest BCUT2D eigenvalue weighted by Gasteiger charge is -1.96. The van der Waals surface area contributed by atoms with Crippen molar-refractivity contribution in [1.82, 2.24) is 4.98 Å². The van der Waals surface area contributed by atoms with Gasteiger partial charge in [0.2, 0.25) is 0 Å². The first kappa shape index (κ1) is 9.94. The number of hydrogen-bond donors (Lipinski definition) is 0. The third-order valence-electron chi connectivity index (χ3n) is 2.36. The maximum atomic E-state index is 6.14. The number of nitrogens with zero attached hydrogens (tertiary/aromatic N) is 1. The van der Waals surface area contributed by atoms with Gasteiger partial charge in [0.25, 0.3) is 0 Å². The van der Waals surface area contributed by atoms with E-state index in [0.717, 1.165) is 21.7 Å². The zero-order chi connectivity index (χ0) is 10.1. The summed E-state index contributed by atoms with van der Waals surface area (Å²) < 4.78 is 0. The first-order valence-electron chi connectivity index (χ1n) is 4.76. The van der Waals surface area contributed by atoms with Gasteiger partial charge in [0, 0.05) is 16.5 Å². The molecule has 0 radical (unpaired) electrons. The highest BCUT2D eigenvalue weighted by molar-refractivity contribution is 7.18. The fraction of sp³-hybridized carbons (Fsp3) is 0.364. The second-order valence-corrected chi connectivity index (χ2v) is 4.86. The van der Waals surface area contributed by atoms with Gasteiger partial charge in [-0.05, 0) is 25.0 Å². The summed E-state index contributed by atoms with van der Waals surface area (Å²) in [6, 6.07) is 1.86. The summed E-state index contributed by atoms with van der Waals surface area (Å²) in [4.78, 5) is 6.83. The number of pyridine rings is 1. The number of hydrogen-bond acceptors (Lipinski definition) is 2. The minimum absolute atomic E-state index is 0.825. The molecule has 0 aromatic carbocycles. The average molecular weight is 226 g/mol. The maximum Gasteiger partial charge on any atom is 0.125 e. The van der Waals surface area contributed by atoms with Crippen LogP contribution in [0, 0.1) is 6.92 Å². The van der Waals surface area contributed by atoms with E-state index in [2.05, 4.69) is 18.8 Å². The van der Waals surface area contributed by atoms with Crippen LogP contribution in [0.25, 0.3) is 10.2 Å². The molecule has 74 valence electrons. The van der Waals surface area contributed by atoms with Gasteiger partial charge in [-0.2, -0.15) is 0 Å². The molecule has 14 heavy (non-hydrogen) atoms. The standard InChI is InChI=1S/C11H12ClNS/c1-3-4-9-7(2)10-8(12)5-6-13-11(10)14-9/h5-6H,3-4H2,1-2H3. The van der Waals surface area contributed by atoms with Crippen molar-refractivity contribution in [3.05, 3.63) is 27.7 Å². The van der Waals surface area contributed by atoms with Crippen molar-refractivity contribution in [1.29, 1.82) is 0 Å². The number of halogens is 1. The van der Waals surface area contributed by atoms with E-state index in [4.69, 9.17) is 11.6 Å². The van der Waals surface area contributed by atoms with Crippen LogP contribution < -0.4 is 0 Å². The second kappa shape index (κ2) is 3.87. The quantitative estimate of drug-likeness (QED) is 0.746. The van der Waals surface area contributed by atoms with E-state index in [1.54, 1.807) is 17.5 Å². The molecule has 1 nitrogen and oxygen atoms in total. The number of fused-ring (bicyclic) bond motifs is 1. The minimum atomic E-state index is 0.825. The van der Waals surface area contributed by atoms with Gasteiger partial charge in [-0.1, -0.05) is 24.9 Å². The Morgan fingerprint density at radius 3 is 2.93 bits per heavy atom. The number of aromatic nitrogens is 1. The molecule has 0 atom stereocenters. The largest absolute Gasteiger partial charge is 0.245 e. The van der Waals surface area contributed by atoms with Gasteiger partial charge in [-0.25, -0.2) is 4.98 Å². The normalized spacial score (nSPS) is 11.1. The summed E-state index contributed by atoms with van der Waals surface area (Å²) in [5.74, 6) is 0. The molecule has 2 aromatic rings. The zero-order valence-electron chi connectivity index (χ0n) is 8.30. The fourth-order valence-corrected chi connectivity index (χ4v) is 3.25. The maximum absolute atomic E-state index is 6.14. The van der Waals surface area contributed by atoms with Gasteiger partial charge in [0.05, 0.1) is 5.02 Å². The molecule has 2 heterocycles. The lowest BCUT2D eigenvalue weighted by molar-refractivity contribution is 0.934. The predicted octanol–water partition coefficient (Wildman–Crippen LogP) is 4.21. The predicted molar refractivity (Wildman–Crippen MR) is 63.4 cm³/mol. The summed E-state index contributed by atoms with van der Waals surface area (Å²) in [6.45, 7) is 4.33. The van der Waals surface area contributed by atoms with Gasteiger partial charge in [0.15, 0.2) is 0 Å². The van der Waals surface area contributed by atoms with Gasteiger partial charge in [-0.15, -0.1) is 11.3 Å².